The maximum atomic E-state index is 12.9. The zero-order chi connectivity index (χ0) is 26.6. The van der Waals surface area contributed by atoms with E-state index in [1.54, 1.807) is 40.0 Å². The van der Waals surface area contributed by atoms with Crippen LogP contribution in [-0.2, 0) is 19.1 Å². The molecule has 1 aromatic carbocycles. The Bertz CT molecular complexity index is 1250. The molecule has 0 spiro atoms. The zero-order valence-electron chi connectivity index (χ0n) is 21.1. The number of fused-ring (bicyclic) bond motifs is 1. The van der Waals surface area contributed by atoms with Gasteiger partial charge in [0, 0.05) is 37.8 Å². The summed E-state index contributed by atoms with van der Waals surface area (Å²) >= 11 is 0. The Kier molecular flexibility index (Phi) is 7.93. The molecule has 0 amide bonds. The summed E-state index contributed by atoms with van der Waals surface area (Å²) in [6, 6.07) is 2.34. The van der Waals surface area contributed by atoms with E-state index in [0.717, 1.165) is 12.2 Å². The van der Waals surface area contributed by atoms with E-state index in [4.69, 9.17) is 14.2 Å². The number of hydrogen-bond donors (Lipinski definition) is 2. The second-order valence-corrected chi connectivity index (χ2v) is 9.24. The number of rotatable bonds is 10. The Labute approximate surface area is 208 Å². The minimum Gasteiger partial charge on any atom is -0.493 e. The minimum absolute atomic E-state index is 0.0000563. The minimum atomic E-state index is -1.09. The molecule has 1 unspecified atom stereocenters. The molecular formula is C25H30N4O7. The van der Waals surface area contributed by atoms with E-state index in [-0.39, 0.29) is 17.2 Å². The number of likely N-dealkylation sites (N-methyl/N-ethyl adjacent to an activating group) is 1. The van der Waals surface area contributed by atoms with Crippen molar-refractivity contribution in [1.29, 1.82) is 0 Å². The molecule has 0 saturated heterocycles. The highest BCUT2D eigenvalue weighted by Gasteiger charge is 2.38. The first-order chi connectivity index (χ1) is 17.0. The highest BCUT2D eigenvalue weighted by Crippen LogP contribution is 2.35. The molecular weight excluding hydrogens is 468 g/mol. The van der Waals surface area contributed by atoms with Crippen LogP contribution in [0.4, 0.5) is 5.82 Å². The summed E-state index contributed by atoms with van der Waals surface area (Å²) in [5, 5.41) is 13.2. The van der Waals surface area contributed by atoms with Crippen LogP contribution >= 0.6 is 0 Å². The first-order valence-electron chi connectivity index (χ1n) is 11.2. The summed E-state index contributed by atoms with van der Waals surface area (Å²) in [6.45, 7) is 5.98. The molecule has 11 nitrogen and oxygen atoms in total. The van der Waals surface area contributed by atoms with Crippen molar-refractivity contribution >= 4 is 34.3 Å². The molecule has 1 atom stereocenters. The van der Waals surface area contributed by atoms with Crippen LogP contribution in [-0.4, -0.2) is 78.0 Å². The lowest BCUT2D eigenvalue weighted by Crippen LogP contribution is -2.48. The van der Waals surface area contributed by atoms with Crippen LogP contribution in [0.2, 0.25) is 0 Å². The Morgan fingerprint density at radius 2 is 1.81 bits per heavy atom. The van der Waals surface area contributed by atoms with Crippen molar-refractivity contribution in [2.45, 2.75) is 26.8 Å². The quantitative estimate of drug-likeness (QED) is 0.369. The first kappa shape index (κ1) is 26.6. The summed E-state index contributed by atoms with van der Waals surface area (Å²) < 4.78 is 16.1. The van der Waals surface area contributed by atoms with Crippen molar-refractivity contribution in [3.05, 3.63) is 42.0 Å². The van der Waals surface area contributed by atoms with Gasteiger partial charge in [-0.2, -0.15) is 0 Å². The molecule has 0 radical (unpaired) electrons. The predicted molar refractivity (Wildman–Crippen MR) is 132 cm³/mol. The van der Waals surface area contributed by atoms with E-state index in [0.29, 0.717) is 35.6 Å². The Morgan fingerprint density at radius 1 is 1.08 bits per heavy atom. The maximum absolute atomic E-state index is 12.9. The van der Waals surface area contributed by atoms with Gasteiger partial charge in [0.1, 0.15) is 24.8 Å². The molecule has 36 heavy (non-hydrogen) atoms. The van der Waals surface area contributed by atoms with Gasteiger partial charge >= 0.3 is 5.97 Å². The molecule has 1 aliphatic rings. The number of anilines is 1. The molecule has 0 saturated carbocycles. The Hall–Kier alpha value is -3.99. The van der Waals surface area contributed by atoms with Crippen LogP contribution in [0.3, 0.4) is 0 Å². The van der Waals surface area contributed by atoms with Gasteiger partial charge in [0.2, 0.25) is 11.6 Å². The highest BCUT2D eigenvalue weighted by atomic mass is 16.5. The fourth-order valence-corrected chi connectivity index (χ4v) is 3.98. The van der Waals surface area contributed by atoms with Crippen molar-refractivity contribution in [2.24, 2.45) is 5.41 Å². The zero-order valence-corrected chi connectivity index (χ0v) is 21.1. The monoisotopic (exact) mass is 498 g/mol. The molecule has 0 aliphatic heterocycles. The fourth-order valence-electron chi connectivity index (χ4n) is 3.98. The number of nitrogens with one attached hydrogen (secondary N) is 1. The van der Waals surface area contributed by atoms with Gasteiger partial charge in [-0.1, -0.05) is 20.8 Å². The molecule has 11 heteroatoms. The van der Waals surface area contributed by atoms with E-state index < -0.39 is 29.0 Å². The number of allylic oxidation sites excluding steroid dienone is 2. The fraction of sp³-hybridized carbons (Fsp3) is 0.400. The summed E-state index contributed by atoms with van der Waals surface area (Å²) in [7, 11) is 4.56. The van der Waals surface area contributed by atoms with Crippen LogP contribution in [0, 0.1) is 5.41 Å². The van der Waals surface area contributed by atoms with Gasteiger partial charge in [-0.05, 0) is 11.5 Å². The number of carboxylic acids is 1. The first-order valence-corrected chi connectivity index (χ1v) is 11.2. The van der Waals surface area contributed by atoms with E-state index in [9.17, 15) is 19.5 Å². The number of carboxylic acid groups (broad SMARTS) is 1. The topological polar surface area (TPSA) is 140 Å². The third-order valence-corrected chi connectivity index (χ3v) is 5.60. The number of benzene rings is 1. The molecule has 1 aromatic heterocycles. The number of carbonyl (C=O) groups is 3. The van der Waals surface area contributed by atoms with Gasteiger partial charge in [-0.3, -0.25) is 9.59 Å². The summed E-state index contributed by atoms with van der Waals surface area (Å²) in [5.41, 5.74) is -0.154. The predicted octanol–water partition coefficient (Wildman–Crippen LogP) is 2.43. The summed E-state index contributed by atoms with van der Waals surface area (Å²) in [5.74, 6) is -0.893. The molecule has 1 aliphatic carbocycles. The summed E-state index contributed by atoms with van der Waals surface area (Å²) in [4.78, 5) is 47.5. The van der Waals surface area contributed by atoms with Crippen LogP contribution in [0.5, 0.6) is 11.5 Å². The third kappa shape index (κ3) is 5.62. The number of ether oxygens (including phenoxy) is 3. The molecule has 192 valence electrons. The van der Waals surface area contributed by atoms with Gasteiger partial charge in [-0.15, -0.1) is 0 Å². The molecule has 0 bridgehead atoms. The largest absolute Gasteiger partial charge is 0.493 e. The molecule has 3 rings (SSSR count). The number of methoxy groups -OCH3 is 2. The second kappa shape index (κ2) is 10.7. The smallest absolute Gasteiger partial charge is 0.326 e. The third-order valence-electron chi connectivity index (χ3n) is 5.60. The number of nitrogens with zero attached hydrogens (tertiary/aromatic N) is 3. The molecule has 1 heterocycles. The average molecular weight is 499 g/mol. The lowest BCUT2D eigenvalue weighted by molar-refractivity contribution is -0.146. The van der Waals surface area contributed by atoms with Crippen molar-refractivity contribution in [3.63, 3.8) is 0 Å². The van der Waals surface area contributed by atoms with E-state index >= 15 is 0 Å². The van der Waals surface area contributed by atoms with Crippen molar-refractivity contribution in [2.75, 3.05) is 39.8 Å². The van der Waals surface area contributed by atoms with Gasteiger partial charge < -0.3 is 29.5 Å². The van der Waals surface area contributed by atoms with Crippen LogP contribution in [0.15, 0.2) is 42.0 Å². The lowest BCUT2D eigenvalue weighted by atomic mass is 9.85. The van der Waals surface area contributed by atoms with E-state index in [1.165, 1.54) is 25.4 Å². The van der Waals surface area contributed by atoms with Gasteiger partial charge in [0.25, 0.3) is 0 Å². The number of carbonyl (C=O) groups excluding carboxylic acids is 2. The SMILES string of the molecule is COCCOc1cc2ncnc(NC3=CC(=O)C(N(C)C(C(=O)O)C(C)(C)C)=CC3=O)c2cc1OC. The average Bonchev–Trinajstić information content (AvgIpc) is 2.79. The number of hydrogen-bond acceptors (Lipinski definition) is 10. The number of aliphatic carboxylic acids is 1. The lowest BCUT2D eigenvalue weighted by Gasteiger charge is -2.37. The van der Waals surface area contributed by atoms with Crippen molar-refractivity contribution in [1.82, 2.24) is 14.9 Å². The molecule has 2 N–H and O–H groups in total. The van der Waals surface area contributed by atoms with E-state index in [1.807, 2.05) is 0 Å². The highest BCUT2D eigenvalue weighted by molar-refractivity contribution is 6.21. The van der Waals surface area contributed by atoms with Gasteiger partial charge in [0.05, 0.1) is 30.6 Å². The standard InChI is InChI=1S/C25H30N4O7/c1-25(2,3)22(24(32)33)29(4)17-12-18(30)16(10-19(17)31)28-23-14-9-20(35-6)21(36-8-7-34-5)11-15(14)26-13-27-23/h9-13,22H,7-8H2,1-6H3,(H,32,33)(H,26,27,28). The number of ketones is 2. The van der Waals surface area contributed by atoms with E-state index in [2.05, 4.69) is 15.3 Å². The van der Waals surface area contributed by atoms with Crippen molar-refractivity contribution < 1.29 is 33.7 Å². The normalized spacial score (nSPS) is 14.7. The van der Waals surface area contributed by atoms with Gasteiger partial charge in [0.15, 0.2) is 11.5 Å². The Balaban J connectivity index is 1.90. The molecule has 0 fully saturated rings. The summed E-state index contributed by atoms with van der Waals surface area (Å²) in [6.07, 6.45) is 3.60. The van der Waals surface area contributed by atoms with Crippen molar-refractivity contribution in [3.8, 4) is 11.5 Å². The van der Waals surface area contributed by atoms with Crippen LogP contribution in [0.25, 0.3) is 10.9 Å². The maximum Gasteiger partial charge on any atom is 0.326 e. The number of aromatic nitrogens is 2. The van der Waals surface area contributed by atoms with Crippen LogP contribution < -0.4 is 14.8 Å². The Morgan fingerprint density at radius 3 is 2.42 bits per heavy atom. The van der Waals surface area contributed by atoms with Gasteiger partial charge in [-0.25, -0.2) is 14.8 Å². The molecule has 2 aromatic rings. The van der Waals surface area contributed by atoms with Crippen LogP contribution in [0.1, 0.15) is 20.8 Å². The second-order valence-electron chi connectivity index (χ2n) is 9.24.